The van der Waals surface area contributed by atoms with Crippen LogP contribution in [0.5, 0.6) is 0 Å². The van der Waals surface area contributed by atoms with Gasteiger partial charge < -0.3 is 10.1 Å². The second-order valence-corrected chi connectivity index (χ2v) is 5.94. The van der Waals surface area contributed by atoms with Crippen LogP contribution in [-0.2, 0) is 4.74 Å². The second kappa shape index (κ2) is 4.06. The molecule has 2 fully saturated rings. The zero-order valence-corrected chi connectivity index (χ0v) is 10.5. The standard InChI is InChI=1S/C13H25NO/c1-5-14-8-10-9-6-11(9)13(2,3)7-12(10)15-4/h9-12,14H,5-8H2,1-4H3/t9?,10-,11+,12?/m1/s1. The minimum Gasteiger partial charge on any atom is -0.381 e. The predicted octanol–water partition coefficient (Wildman–Crippen LogP) is 2.29. The quantitative estimate of drug-likeness (QED) is 0.770. The summed E-state index contributed by atoms with van der Waals surface area (Å²) in [6.07, 6.45) is 3.15. The van der Waals surface area contributed by atoms with Crippen LogP contribution < -0.4 is 5.32 Å². The van der Waals surface area contributed by atoms with Gasteiger partial charge in [-0.25, -0.2) is 0 Å². The van der Waals surface area contributed by atoms with E-state index in [1.54, 1.807) is 0 Å². The van der Waals surface area contributed by atoms with Gasteiger partial charge in [0.1, 0.15) is 0 Å². The summed E-state index contributed by atoms with van der Waals surface area (Å²) in [6, 6.07) is 0. The molecule has 0 aromatic rings. The number of ether oxygens (including phenoxy) is 1. The Balaban J connectivity index is 2.00. The maximum Gasteiger partial charge on any atom is 0.0619 e. The average Bonchev–Trinajstić information content (AvgIpc) is 2.96. The van der Waals surface area contributed by atoms with Crippen LogP contribution in [0.1, 0.15) is 33.6 Å². The summed E-state index contributed by atoms with van der Waals surface area (Å²) < 4.78 is 5.69. The zero-order valence-electron chi connectivity index (χ0n) is 10.5. The minimum absolute atomic E-state index is 0.475. The topological polar surface area (TPSA) is 21.3 Å². The Bertz CT molecular complexity index is 227. The van der Waals surface area contributed by atoms with E-state index >= 15 is 0 Å². The van der Waals surface area contributed by atoms with E-state index < -0.39 is 0 Å². The van der Waals surface area contributed by atoms with Crippen LogP contribution in [0.2, 0.25) is 0 Å². The van der Waals surface area contributed by atoms with Crippen molar-refractivity contribution < 1.29 is 4.74 Å². The van der Waals surface area contributed by atoms with E-state index in [0.29, 0.717) is 11.5 Å². The Kier molecular flexibility index (Phi) is 3.09. The molecule has 0 aromatic carbocycles. The number of fused-ring (bicyclic) bond motifs is 1. The number of rotatable bonds is 4. The van der Waals surface area contributed by atoms with Crippen molar-refractivity contribution >= 4 is 0 Å². The Morgan fingerprint density at radius 1 is 1.40 bits per heavy atom. The van der Waals surface area contributed by atoms with E-state index in [0.717, 1.165) is 30.8 Å². The highest BCUT2D eigenvalue weighted by molar-refractivity contribution is 5.07. The molecule has 0 spiro atoms. The van der Waals surface area contributed by atoms with Gasteiger partial charge in [-0.1, -0.05) is 20.8 Å². The smallest absolute Gasteiger partial charge is 0.0619 e. The van der Waals surface area contributed by atoms with Gasteiger partial charge in [0.15, 0.2) is 0 Å². The molecule has 2 nitrogen and oxygen atoms in total. The Morgan fingerprint density at radius 2 is 2.13 bits per heavy atom. The molecule has 2 aliphatic rings. The molecular formula is C13H25NO. The third-order valence-electron chi connectivity index (χ3n) is 4.53. The van der Waals surface area contributed by atoms with Gasteiger partial charge in [0.25, 0.3) is 0 Å². The zero-order chi connectivity index (χ0) is 11.1. The molecule has 15 heavy (non-hydrogen) atoms. The summed E-state index contributed by atoms with van der Waals surface area (Å²) >= 11 is 0. The van der Waals surface area contributed by atoms with Gasteiger partial charge in [-0.15, -0.1) is 0 Å². The Labute approximate surface area is 93.8 Å². The third-order valence-corrected chi connectivity index (χ3v) is 4.53. The first-order valence-corrected chi connectivity index (χ1v) is 6.33. The number of nitrogens with one attached hydrogen (secondary N) is 1. The molecule has 0 aliphatic heterocycles. The average molecular weight is 211 g/mol. The number of methoxy groups -OCH3 is 1. The molecule has 2 aliphatic carbocycles. The van der Waals surface area contributed by atoms with Gasteiger partial charge in [-0.2, -0.15) is 0 Å². The van der Waals surface area contributed by atoms with Gasteiger partial charge >= 0.3 is 0 Å². The van der Waals surface area contributed by atoms with Crippen molar-refractivity contribution in [2.45, 2.75) is 39.7 Å². The first kappa shape index (κ1) is 11.4. The molecule has 2 rings (SSSR count). The van der Waals surface area contributed by atoms with Crippen LogP contribution in [0.15, 0.2) is 0 Å². The van der Waals surface area contributed by atoms with E-state index in [-0.39, 0.29) is 0 Å². The Morgan fingerprint density at radius 3 is 2.73 bits per heavy atom. The van der Waals surface area contributed by atoms with Gasteiger partial charge in [0.05, 0.1) is 6.10 Å². The lowest BCUT2D eigenvalue weighted by molar-refractivity contribution is -0.0231. The van der Waals surface area contributed by atoms with Crippen molar-refractivity contribution in [3.8, 4) is 0 Å². The van der Waals surface area contributed by atoms with Gasteiger partial charge in [0, 0.05) is 19.6 Å². The first-order chi connectivity index (χ1) is 7.10. The fourth-order valence-electron chi connectivity index (χ4n) is 3.54. The molecule has 4 atom stereocenters. The molecule has 0 bridgehead atoms. The molecule has 2 unspecified atom stereocenters. The van der Waals surface area contributed by atoms with Crippen LogP contribution >= 0.6 is 0 Å². The monoisotopic (exact) mass is 211 g/mol. The summed E-state index contributed by atoms with van der Waals surface area (Å²) in [4.78, 5) is 0. The van der Waals surface area contributed by atoms with Gasteiger partial charge in [-0.05, 0) is 36.6 Å². The minimum atomic E-state index is 0.475. The molecule has 0 radical (unpaired) electrons. The van der Waals surface area contributed by atoms with Crippen molar-refractivity contribution in [1.82, 2.24) is 5.32 Å². The molecule has 2 saturated carbocycles. The predicted molar refractivity (Wildman–Crippen MR) is 62.8 cm³/mol. The van der Waals surface area contributed by atoms with Crippen LogP contribution in [-0.4, -0.2) is 26.3 Å². The van der Waals surface area contributed by atoms with E-state index in [2.05, 4.69) is 26.1 Å². The SMILES string of the molecule is CCNC[C@H]1C(OC)CC(C)(C)[C@H]2CC12. The lowest BCUT2D eigenvalue weighted by Gasteiger charge is -2.39. The van der Waals surface area contributed by atoms with Crippen molar-refractivity contribution in [2.24, 2.45) is 23.2 Å². The third kappa shape index (κ3) is 2.07. The van der Waals surface area contributed by atoms with Crippen molar-refractivity contribution in [2.75, 3.05) is 20.2 Å². The summed E-state index contributed by atoms with van der Waals surface area (Å²) in [5.74, 6) is 2.65. The molecule has 88 valence electrons. The molecule has 0 amide bonds. The highest BCUT2D eigenvalue weighted by atomic mass is 16.5. The summed E-state index contributed by atoms with van der Waals surface area (Å²) in [5.41, 5.74) is 0.508. The number of hydrogen-bond acceptors (Lipinski definition) is 2. The molecule has 2 heteroatoms. The van der Waals surface area contributed by atoms with Crippen molar-refractivity contribution in [3.63, 3.8) is 0 Å². The molecule has 0 saturated heterocycles. The van der Waals surface area contributed by atoms with E-state index in [4.69, 9.17) is 4.74 Å². The fraction of sp³-hybridized carbons (Fsp3) is 1.00. The largest absolute Gasteiger partial charge is 0.381 e. The highest BCUT2D eigenvalue weighted by Gasteiger charge is 2.57. The lowest BCUT2D eigenvalue weighted by atomic mass is 9.71. The number of hydrogen-bond donors (Lipinski definition) is 1. The molecule has 0 aromatic heterocycles. The molecule has 1 N–H and O–H groups in total. The highest BCUT2D eigenvalue weighted by Crippen LogP contribution is 2.61. The molecule has 0 heterocycles. The van der Waals surface area contributed by atoms with Crippen LogP contribution in [0.4, 0.5) is 0 Å². The van der Waals surface area contributed by atoms with Gasteiger partial charge in [-0.3, -0.25) is 0 Å². The maximum absolute atomic E-state index is 5.69. The van der Waals surface area contributed by atoms with E-state index in [9.17, 15) is 0 Å². The maximum atomic E-state index is 5.69. The summed E-state index contributed by atoms with van der Waals surface area (Å²) in [5, 5.41) is 3.49. The summed E-state index contributed by atoms with van der Waals surface area (Å²) in [7, 11) is 1.88. The lowest BCUT2D eigenvalue weighted by Crippen LogP contribution is -2.42. The van der Waals surface area contributed by atoms with Crippen LogP contribution in [0, 0.1) is 23.2 Å². The van der Waals surface area contributed by atoms with E-state index in [1.807, 2.05) is 7.11 Å². The van der Waals surface area contributed by atoms with Gasteiger partial charge in [0.2, 0.25) is 0 Å². The normalized spacial score (nSPS) is 42.4. The molecular weight excluding hydrogens is 186 g/mol. The Hall–Kier alpha value is -0.0800. The van der Waals surface area contributed by atoms with E-state index in [1.165, 1.54) is 12.8 Å². The fourth-order valence-corrected chi connectivity index (χ4v) is 3.54. The van der Waals surface area contributed by atoms with Crippen molar-refractivity contribution in [1.29, 1.82) is 0 Å². The van der Waals surface area contributed by atoms with Crippen molar-refractivity contribution in [3.05, 3.63) is 0 Å². The summed E-state index contributed by atoms with van der Waals surface area (Å²) in [6.45, 7) is 9.22. The first-order valence-electron chi connectivity index (χ1n) is 6.33. The second-order valence-electron chi connectivity index (χ2n) is 5.94. The van der Waals surface area contributed by atoms with Crippen LogP contribution in [0.3, 0.4) is 0 Å². The van der Waals surface area contributed by atoms with Crippen LogP contribution in [0.25, 0.3) is 0 Å².